The Hall–Kier alpha value is -2.15. The van der Waals surface area contributed by atoms with Crippen LogP contribution in [0, 0.1) is 11.6 Å². The molecule has 9 nitrogen and oxygen atoms in total. The lowest BCUT2D eigenvalue weighted by molar-refractivity contribution is -0.140. The first-order valence-electron chi connectivity index (χ1n) is 8.92. The maximum Gasteiger partial charge on any atom is 0.309 e. The fourth-order valence-corrected chi connectivity index (χ4v) is 4.28. The van der Waals surface area contributed by atoms with Crippen LogP contribution < -0.4 is 10.6 Å². The molecule has 0 bridgehead atoms. The molecule has 1 saturated heterocycles. The molecule has 1 fully saturated rings. The van der Waals surface area contributed by atoms with Crippen LogP contribution in [0.25, 0.3) is 0 Å². The van der Waals surface area contributed by atoms with Crippen LogP contribution in [0.3, 0.4) is 0 Å². The number of nitrogens with zero attached hydrogens (tertiary/aromatic N) is 2. The van der Waals surface area contributed by atoms with Crippen molar-refractivity contribution in [2.45, 2.75) is 17.5 Å². The number of halogens is 2. The second-order valence-corrected chi connectivity index (χ2v) is 8.50. The first-order valence-corrected chi connectivity index (χ1v) is 10.4. The molecule has 2 rings (SSSR count). The van der Waals surface area contributed by atoms with E-state index in [0.717, 1.165) is 16.4 Å². The molecule has 1 atom stereocenters. The molecule has 1 aromatic carbocycles. The number of benzene rings is 1. The lowest BCUT2D eigenvalue weighted by atomic mass is 10.3. The van der Waals surface area contributed by atoms with Crippen molar-refractivity contribution in [3.05, 3.63) is 29.8 Å². The van der Waals surface area contributed by atoms with Gasteiger partial charge < -0.3 is 20.3 Å². The highest BCUT2D eigenvalue weighted by Gasteiger charge is 2.36. The molecular weight excluding hydrogens is 410 g/mol. The fourth-order valence-electron chi connectivity index (χ4n) is 2.64. The zero-order chi connectivity index (χ0) is 21.6. The molecule has 0 spiro atoms. The summed E-state index contributed by atoms with van der Waals surface area (Å²) < 4.78 is 59.3. The van der Waals surface area contributed by atoms with Gasteiger partial charge in [-0.25, -0.2) is 17.2 Å². The minimum absolute atomic E-state index is 0.00610. The van der Waals surface area contributed by atoms with Crippen LogP contribution in [0.2, 0.25) is 0 Å². The normalized spacial score (nSPS) is 17.9. The number of sulfonamides is 1. The highest BCUT2D eigenvalue weighted by Crippen LogP contribution is 2.24. The summed E-state index contributed by atoms with van der Waals surface area (Å²) in [4.78, 5) is 24.7. The van der Waals surface area contributed by atoms with Crippen molar-refractivity contribution in [3.63, 3.8) is 0 Å². The van der Waals surface area contributed by atoms with E-state index >= 15 is 0 Å². The van der Waals surface area contributed by atoms with Gasteiger partial charge in [0.25, 0.3) is 0 Å². The number of likely N-dealkylation sites (N-methyl/N-ethyl adjacent to an activating group) is 1. The third-order valence-electron chi connectivity index (χ3n) is 4.12. The number of ether oxygens (including phenoxy) is 1. The average molecular weight is 434 g/mol. The fraction of sp³-hybridized carbons (Fsp3) is 0.529. The topological polar surface area (TPSA) is 108 Å². The standard InChI is InChI=1S/C17H24F2N4O5S/c1-22(2)8-6-20-16(24)17(25)21-11-15-23(7-3-9-28-15)29(26,27)14-10-12(18)4-5-13(14)19/h4-5,10,15H,3,6-9,11H2,1-2H3,(H,20,24)(H,21,25)/t15-/m0/s1. The minimum Gasteiger partial charge on any atom is -0.360 e. The quantitative estimate of drug-likeness (QED) is 0.560. The Kier molecular flexibility index (Phi) is 8.02. The van der Waals surface area contributed by atoms with Crippen LogP contribution in [0.5, 0.6) is 0 Å². The highest BCUT2D eigenvalue weighted by atomic mass is 32.2. The lowest BCUT2D eigenvalue weighted by Gasteiger charge is -2.34. The maximum atomic E-state index is 14.0. The lowest BCUT2D eigenvalue weighted by Crippen LogP contribution is -2.53. The van der Waals surface area contributed by atoms with Crippen molar-refractivity contribution in [3.8, 4) is 0 Å². The number of hydrogen-bond donors (Lipinski definition) is 2. The first kappa shape index (κ1) is 23.1. The predicted molar refractivity (Wildman–Crippen MR) is 99.2 cm³/mol. The number of carbonyl (C=O) groups is 2. The van der Waals surface area contributed by atoms with E-state index in [4.69, 9.17) is 4.74 Å². The monoisotopic (exact) mass is 434 g/mol. The number of carbonyl (C=O) groups excluding carboxylic acids is 2. The van der Waals surface area contributed by atoms with E-state index in [1.165, 1.54) is 0 Å². The SMILES string of the molecule is CN(C)CCNC(=O)C(=O)NC[C@@H]1OCCCN1S(=O)(=O)c1cc(F)ccc1F. The summed E-state index contributed by atoms with van der Waals surface area (Å²) in [5, 5.41) is 4.73. The van der Waals surface area contributed by atoms with Gasteiger partial charge in [-0.2, -0.15) is 4.31 Å². The Morgan fingerprint density at radius 1 is 1.24 bits per heavy atom. The predicted octanol–water partition coefficient (Wildman–Crippen LogP) is -0.504. The zero-order valence-corrected chi connectivity index (χ0v) is 17.0. The van der Waals surface area contributed by atoms with Crippen molar-refractivity contribution < 1.29 is 31.5 Å². The van der Waals surface area contributed by atoms with Crippen molar-refractivity contribution in [2.24, 2.45) is 0 Å². The Morgan fingerprint density at radius 3 is 2.62 bits per heavy atom. The highest BCUT2D eigenvalue weighted by molar-refractivity contribution is 7.89. The van der Waals surface area contributed by atoms with Crippen LogP contribution in [0.4, 0.5) is 8.78 Å². The van der Waals surface area contributed by atoms with Gasteiger partial charge in [0, 0.05) is 19.6 Å². The van der Waals surface area contributed by atoms with E-state index in [-0.39, 0.29) is 26.2 Å². The van der Waals surface area contributed by atoms with Gasteiger partial charge in [0.2, 0.25) is 10.0 Å². The van der Waals surface area contributed by atoms with Gasteiger partial charge in [-0.15, -0.1) is 0 Å². The number of hydrogen-bond acceptors (Lipinski definition) is 6. The second kappa shape index (κ2) is 10.1. The van der Waals surface area contributed by atoms with Crippen LogP contribution in [-0.2, 0) is 24.3 Å². The Balaban J connectivity index is 2.05. The Bertz CT molecular complexity index is 850. The van der Waals surface area contributed by atoms with Crippen molar-refractivity contribution in [2.75, 3.05) is 46.9 Å². The van der Waals surface area contributed by atoms with Crippen molar-refractivity contribution in [1.82, 2.24) is 19.8 Å². The molecule has 2 amide bonds. The molecule has 0 saturated carbocycles. The summed E-state index contributed by atoms with van der Waals surface area (Å²) in [5.41, 5.74) is 0. The molecule has 1 aromatic rings. The van der Waals surface area contributed by atoms with Gasteiger partial charge >= 0.3 is 11.8 Å². The molecule has 1 aliphatic rings. The molecule has 162 valence electrons. The Labute approximate surface area is 168 Å². The number of amides is 2. The smallest absolute Gasteiger partial charge is 0.309 e. The third kappa shape index (κ3) is 6.16. The van der Waals surface area contributed by atoms with Gasteiger partial charge in [-0.1, -0.05) is 0 Å². The van der Waals surface area contributed by atoms with E-state index in [0.29, 0.717) is 19.0 Å². The number of rotatable bonds is 7. The van der Waals surface area contributed by atoms with Crippen molar-refractivity contribution >= 4 is 21.8 Å². The summed E-state index contributed by atoms with van der Waals surface area (Å²) >= 11 is 0. The van der Waals surface area contributed by atoms with E-state index in [9.17, 15) is 26.8 Å². The van der Waals surface area contributed by atoms with Gasteiger partial charge in [0.15, 0.2) is 0 Å². The van der Waals surface area contributed by atoms with E-state index in [1.807, 2.05) is 19.0 Å². The molecule has 12 heteroatoms. The number of nitrogens with one attached hydrogen (secondary N) is 2. The molecule has 0 aromatic heterocycles. The van der Waals surface area contributed by atoms with Crippen LogP contribution in [-0.4, -0.2) is 82.5 Å². The zero-order valence-electron chi connectivity index (χ0n) is 16.2. The molecule has 0 unspecified atom stereocenters. The summed E-state index contributed by atoms with van der Waals surface area (Å²) in [7, 11) is -0.803. The van der Waals surface area contributed by atoms with Crippen LogP contribution in [0.15, 0.2) is 23.1 Å². The summed E-state index contributed by atoms with van der Waals surface area (Å²) in [5.74, 6) is -3.82. The van der Waals surface area contributed by atoms with E-state index in [1.54, 1.807) is 0 Å². The molecule has 0 radical (unpaired) electrons. The molecule has 1 heterocycles. The average Bonchev–Trinajstić information content (AvgIpc) is 2.67. The summed E-state index contributed by atoms with van der Waals surface area (Å²) in [6, 6.07) is 2.13. The van der Waals surface area contributed by atoms with Gasteiger partial charge in [0.1, 0.15) is 22.8 Å². The van der Waals surface area contributed by atoms with E-state index < -0.39 is 44.6 Å². The minimum atomic E-state index is -4.42. The Morgan fingerprint density at radius 2 is 1.93 bits per heavy atom. The summed E-state index contributed by atoms with van der Waals surface area (Å²) in [6.45, 7) is 0.686. The third-order valence-corrected chi connectivity index (χ3v) is 6.03. The van der Waals surface area contributed by atoms with E-state index in [2.05, 4.69) is 10.6 Å². The second-order valence-electron chi connectivity index (χ2n) is 6.64. The first-order chi connectivity index (χ1) is 13.6. The molecule has 2 N–H and O–H groups in total. The molecule has 29 heavy (non-hydrogen) atoms. The molecular formula is C17H24F2N4O5S. The van der Waals surface area contributed by atoms with Crippen molar-refractivity contribution in [1.29, 1.82) is 0 Å². The van der Waals surface area contributed by atoms with Gasteiger partial charge in [-0.3, -0.25) is 9.59 Å². The summed E-state index contributed by atoms with van der Waals surface area (Å²) in [6.07, 6.45) is -0.819. The maximum absolute atomic E-state index is 14.0. The molecule has 0 aliphatic carbocycles. The largest absolute Gasteiger partial charge is 0.360 e. The van der Waals surface area contributed by atoms with Gasteiger partial charge in [0.05, 0.1) is 13.2 Å². The van der Waals surface area contributed by atoms with Crippen LogP contribution >= 0.6 is 0 Å². The van der Waals surface area contributed by atoms with Gasteiger partial charge in [-0.05, 0) is 38.7 Å². The molecule has 1 aliphatic heterocycles. The van der Waals surface area contributed by atoms with Crippen LogP contribution in [0.1, 0.15) is 6.42 Å².